The zero-order valence-electron chi connectivity index (χ0n) is 9.99. The van der Waals surface area contributed by atoms with Crippen LogP contribution in [-0.2, 0) is 0 Å². The molecule has 0 spiro atoms. The van der Waals surface area contributed by atoms with Crippen molar-refractivity contribution in [3.05, 3.63) is 23.4 Å². The van der Waals surface area contributed by atoms with Gasteiger partial charge in [-0.15, -0.1) is 11.8 Å². The Morgan fingerprint density at radius 3 is 3.00 bits per heavy atom. The topological polar surface area (TPSA) is 24.9 Å². The van der Waals surface area contributed by atoms with E-state index in [9.17, 15) is 0 Å². The highest BCUT2D eigenvalue weighted by atomic mass is 35.5. The maximum Gasteiger partial charge on any atom is 0.115 e. The van der Waals surface area contributed by atoms with Gasteiger partial charge in [0.1, 0.15) is 5.03 Å². The van der Waals surface area contributed by atoms with E-state index in [-0.39, 0.29) is 0 Å². The first-order chi connectivity index (χ1) is 8.36. The zero-order chi connectivity index (χ0) is 11.9. The van der Waals surface area contributed by atoms with Crippen LogP contribution in [-0.4, -0.2) is 23.8 Å². The van der Waals surface area contributed by atoms with Crippen molar-refractivity contribution in [3.63, 3.8) is 0 Å². The number of pyridine rings is 1. The number of nitrogens with one attached hydrogen (secondary N) is 1. The predicted molar refractivity (Wildman–Crippen MR) is 74.8 cm³/mol. The molecule has 0 aromatic carbocycles. The van der Waals surface area contributed by atoms with Crippen molar-refractivity contribution in [2.24, 2.45) is 5.92 Å². The second-order valence-electron chi connectivity index (χ2n) is 4.49. The van der Waals surface area contributed by atoms with E-state index in [0.717, 1.165) is 28.3 Å². The molecule has 0 saturated heterocycles. The zero-order valence-corrected chi connectivity index (χ0v) is 11.6. The summed E-state index contributed by atoms with van der Waals surface area (Å²) in [7, 11) is 0. The average molecular weight is 271 g/mol. The van der Waals surface area contributed by atoms with Gasteiger partial charge in [-0.25, -0.2) is 4.98 Å². The number of hydrogen-bond acceptors (Lipinski definition) is 3. The van der Waals surface area contributed by atoms with Crippen LogP contribution < -0.4 is 5.32 Å². The van der Waals surface area contributed by atoms with Crippen LogP contribution in [0.3, 0.4) is 0 Å². The third kappa shape index (κ3) is 4.49. The molecular formula is C13H19ClN2S. The molecule has 1 aromatic rings. The minimum Gasteiger partial charge on any atom is -0.316 e. The molecule has 1 aromatic heterocycles. The summed E-state index contributed by atoms with van der Waals surface area (Å²) in [5.74, 6) is 1.95. The SMILES string of the molecule is Clc1cccnc1SCCNCC1CCCC1. The number of thioether (sulfide) groups is 1. The Kier molecular flexibility index (Phi) is 5.62. The molecule has 1 heterocycles. The molecule has 2 rings (SSSR count). The summed E-state index contributed by atoms with van der Waals surface area (Å²) < 4.78 is 0. The van der Waals surface area contributed by atoms with E-state index in [0.29, 0.717) is 0 Å². The second kappa shape index (κ2) is 7.24. The lowest BCUT2D eigenvalue weighted by atomic mass is 10.1. The summed E-state index contributed by atoms with van der Waals surface area (Å²) in [5, 5.41) is 5.22. The van der Waals surface area contributed by atoms with Crippen LogP contribution in [0, 0.1) is 5.92 Å². The van der Waals surface area contributed by atoms with Crippen LogP contribution in [0.5, 0.6) is 0 Å². The lowest BCUT2D eigenvalue weighted by Gasteiger charge is -2.10. The lowest BCUT2D eigenvalue weighted by Crippen LogP contribution is -2.23. The number of aromatic nitrogens is 1. The van der Waals surface area contributed by atoms with Crippen LogP contribution >= 0.6 is 23.4 Å². The van der Waals surface area contributed by atoms with Crippen molar-refractivity contribution < 1.29 is 0 Å². The van der Waals surface area contributed by atoms with Crippen LogP contribution in [0.1, 0.15) is 25.7 Å². The minimum absolute atomic E-state index is 0.758. The molecule has 1 aliphatic rings. The first-order valence-corrected chi connectivity index (χ1v) is 7.66. The van der Waals surface area contributed by atoms with E-state index in [2.05, 4.69) is 10.3 Å². The summed E-state index contributed by atoms with van der Waals surface area (Å²) in [6, 6.07) is 3.76. The average Bonchev–Trinajstić information content (AvgIpc) is 2.84. The second-order valence-corrected chi connectivity index (χ2v) is 5.98. The normalized spacial score (nSPS) is 16.5. The lowest BCUT2D eigenvalue weighted by molar-refractivity contribution is 0.500. The number of halogens is 1. The van der Waals surface area contributed by atoms with Gasteiger partial charge in [-0.3, -0.25) is 0 Å². The third-order valence-electron chi connectivity index (χ3n) is 3.15. The Hall–Kier alpha value is -0.250. The summed E-state index contributed by atoms with van der Waals surface area (Å²) in [6.07, 6.45) is 7.45. The smallest absolute Gasteiger partial charge is 0.115 e. The molecule has 1 fully saturated rings. The molecule has 0 radical (unpaired) electrons. The van der Waals surface area contributed by atoms with E-state index in [1.54, 1.807) is 18.0 Å². The van der Waals surface area contributed by atoms with E-state index < -0.39 is 0 Å². The molecule has 0 bridgehead atoms. The molecule has 0 unspecified atom stereocenters. The van der Waals surface area contributed by atoms with E-state index in [1.807, 2.05) is 12.1 Å². The standard InChI is InChI=1S/C13H19ClN2S/c14-12-6-3-7-16-13(12)17-9-8-15-10-11-4-1-2-5-11/h3,6-7,11,15H,1-2,4-5,8-10H2. The fourth-order valence-corrected chi connectivity index (χ4v) is 3.28. The Balaban J connectivity index is 1.58. The Bertz CT molecular complexity index is 340. The molecule has 1 N–H and O–H groups in total. The van der Waals surface area contributed by atoms with Crippen LogP contribution in [0.15, 0.2) is 23.4 Å². The highest BCUT2D eigenvalue weighted by Crippen LogP contribution is 2.24. The molecule has 1 aliphatic carbocycles. The molecule has 0 atom stereocenters. The third-order valence-corrected chi connectivity index (χ3v) is 4.57. The van der Waals surface area contributed by atoms with Gasteiger partial charge in [0.2, 0.25) is 0 Å². The summed E-state index contributed by atoms with van der Waals surface area (Å²) in [5.41, 5.74) is 0. The largest absolute Gasteiger partial charge is 0.316 e. The van der Waals surface area contributed by atoms with Gasteiger partial charge in [-0.1, -0.05) is 24.4 Å². The van der Waals surface area contributed by atoms with E-state index >= 15 is 0 Å². The Labute approximate surface area is 113 Å². The Morgan fingerprint density at radius 2 is 2.24 bits per heavy atom. The number of nitrogens with zero attached hydrogens (tertiary/aromatic N) is 1. The number of rotatable bonds is 6. The van der Waals surface area contributed by atoms with Crippen LogP contribution in [0.4, 0.5) is 0 Å². The maximum absolute atomic E-state index is 6.04. The predicted octanol–water partition coefficient (Wildman–Crippen LogP) is 3.61. The fraction of sp³-hybridized carbons (Fsp3) is 0.615. The van der Waals surface area contributed by atoms with Gasteiger partial charge in [0.05, 0.1) is 5.02 Å². The van der Waals surface area contributed by atoms with Gasteiger partial charge in [-0.2, -0.15) is 0 Å². The minimum atomic E-state index is 0.758. The van der Waals surface area contributed by atoms with Gasteiger partial charge < -0.3 is 5.32 Å². The fourth-order valence-electron chi connectivity index (χ4n) is 2.22. The van der Waals surface area contributed by atoms with Crippen LogP contribution in [0.2, 0.25) is 5.02 Å². The highest BCUT2D eigenvalue weighted by Gasteiger charge is 2.13. The number of hydrogen-bond donors (Lipinski definition) is 1. The monoisotopic (exact) mass is 270 g/mol. The van der Waals surface area contributed by atoms with Gasteiger partial charge in [0.25, 0.3) is 0 Å². The first-order valence-electron chi connectivity index (χ1n) is 6.30. The Morgan fingerprint density at radius 1 is 1.41 bits per heavy atom. The van der Waals surface area contributed by atoms with Crippen LogP contribution in [0.25, 0.3) is 0 Å². The molecule has 17 heavy (non-hydrogen) atoms. The van der Waals surface area contributed by atoms with Gasteiger partial charge in [0.15, 0.2) is 0 Å². The van der Waals surface area contributed by atoms with Crippen molar-refractivity contribution in [1.29, 1.82) is 0 Å². The molecule has 0 aliphatic heterocycles. The quantitative estimate of drug-likeness (QED) is 0.631. The van der Waals surface area contributed by atoms with Gasteiger partial charge >= 0.3 is 0 Å². The van der Waals surface area contributed by atoms with E-state index in [4.69, 9.17) is 11.6 Å². The maximum atomic E-state index is 6.04. The molecule has 4 heteroatoms. The first kappa shape index (κ1) is 13.2. The van der Waals surface area contributed by atoms with Crippen molar-refractivity contribution >= 4 is 23.4 Å². The summed E-state index contributed by atoms with van der Waals surface area (Å²) in [4.78, 5) is 4.26. The molecule has 2 nitrogen and oxygen atoms in total. The summed E-state index contributed by atoms with van der Waals surface area (Å²) in [6.45, 7) is 2.21. The van der Waals surface area contributed by atoms with Gasteiger partial charge in [0, 0.05) is 18.5 Å². The summed E-state index contributed by atoms with van der Waals surface area (Å²) >= 11 is 7.76. The van der Waals surface area contributed by atoms with Crippen molar-refractivity contribution in [2.75, 3.05) is 18.8 Å². The molecule has 1 saturated carbocycles. The highest BCUT2D eigenvalue weighted by molar-refractivity contribution is 7.99. The van der Waals surface area contributed by atoms with Crippen molar-refractivity contribution in [1.82, 2.24) is 10.3 Å². The van der Waals surface area contributed by atoms with Crippen molar-refractivity contribution in [2.45, 2.75) is 30.7 Å². The molecular weight excluding hydrogens is 252 g/mol. The van der Waals surface area contributed by atoms with Gasteiger partial charge in [-0.05, 0) is 37.4 Å². The molecule has 94 valence electrons. The van der Waals surface area contributed by atoms with Crippen molar-refractivity contribution in [3.8, 4) is 0 Å². The van der Waals surface area contributed by atoms with E-state index in [1.165, 1.54) is 32.2 Å². The molecule has 0 amide bonds.